The molecule has 0 saturated carbocycles. The van der Waals surface area contributed by atoms with Crippen molar-refractivity contribution in [2.45, 2.75) is 90.6 Å². The highest BCUT2D eigenvalue weighted by Crippen LogP contribution is 2.22. The van der Waals surface area contributed by atoms with Gasteiger partial charge in [-0.1, -0.05) is 38.5 Å². The van der Waals surface area contributed by atoms with Gasteiger partial charge in [-0.15, -0.1) is 0 Å². The molecule has 0 aromatic carbocycles. The van der Waals surface area contributed by atoms with Crippen LogP contribution in [0.5, 0.6) is 0 Å². The van der Waals surface area contributed by atoms with Crippen molar-refractivity contribution in [1.82, 2.24) is 0 Å². The van der Waals surface area contributed by atoms with Crippen LogP contribution in [0.1, 0.15) is 66.2 Å². The Balaban J connectivity index is 2.90. The van der Waals surface area contributed by atoms with Crippen LogP contribution in [0.25, 0.3) is 0 Å². The van der Waals surface area contributed by atoms with E-state index in [4.69, 9.17) is 9.47 Å². The van der Waals surface area contributed by atoms with Crippen molar-refractivity contribution in [3.63, 3.8) is 0 Å². The van der Waals surface area contributed by atoms with Crippen LogP contribution < -0.4 is 0 Å². The predicted octanol–water partition coefficient (Wildman–Crippen LogP) is 2.92. The molecule has 0 aromatic rings. The molecule has 176 valence electrons. The molecule has 0 radical (unpaired) electrons. The summed E-state index contributed by atoms with van der Waals surface area (Å²) in [5.74, 6) is -1.20. The molecule has 1 heterocycles. The molecule has 0 bridgehead atoms. The zero-order valence-electron chi connectivity index (χ0n) is 19.4. The smallest absolute Gasteiger partial charge is 0.338 e. The van der Waals surface area contributed by atoms with Crippen molar-refractivity contribution in [3.05, 3.63) is 23.8 Å². The van der Waals surface area contributed by atoms with Gasteiger partial charge in [-0.2, -0.15) is 0 Å². The maximum absolute atomic E-state index is 12.6. The molecule has 1 aliphatic rings. The highest BCUT2D eigenvalue weighted by molar-refractivity contribution is 5.84. The van der Waals surface area contributed by atoms with Crippen molar-refractivity contribution >= 4 is 17.5 Å². The Labute approximate surface area is 185 Å². The predicted molar refractivity (Wildman–Crippen MR) is 117 cm³/mol. The average Bonchev–Trinajstić information content (AvgIpc) is 2.71. The lowest BCUT2D eigenvalue weighted by molar-refractivity contribution is -0.162. The molecule has 0 aliphatic carbocycles. The number of rotatable bonds is 8. The quantitative estimate of drug-likeness (QED) is 0.443. The van der Waals surface area contributed by atoms with Crippen LogP contribution in [0, 0.1) is 11.8 Å². The van der Waals surface area contributed by atoms with Gasteiger partial charge in [0, 0.05) is 25.9 Å². The van der Waals surface area contributed by atoms with Crippen LogP contribution in [0.3, 0.4) is 0 Å². The monoisotopic (exact) mass is 438 g/mol. The van der Waals surface area contributed by atoms with E-state index in [9.17, 15) is 24.6 Å². The number of hydrogen-bond donors (Lipinski definition) is 2. The Morgan fingerprint density at radius 2 is 1.84 bits per heavy atom. The molecule has 0 fully saturated rings. The number of cyclic esters (lactones) is 1. The molecule has 7 heteroatoms. The zero-order valence-corrected chi connectivity index (χ0v) is 19.4. The van der Waals surface area contributed by atoms with Gasteiger partial charge in [-0.3, -0.25) is 9.59 Å². The lowest BCUT2D eigenvalue weighted by Gasteiger charge is -2.24. The highest BCUT2D eigenvalue weighted by Gasteiger charge is 2.28. The number of esters is 1. The van der Waals surface area contributed by atoms with E-state index >= 15 is 0 Å². The zero-order chi connectivity index (χ0) is 23.6. The Hall–Kier alpha value is -1.83. The van der Waals surface area contributed by atoms with Crippen LogP contribution in [-0.4, -0.2) is 59.3 Å². The summed E-state index contributed by atoms with van der Waals surface area (Å²) in [7, 11) is 1.48. The van der Waals surface area contributed by atoms with Gasteiger partial charge in [-0.25, -0.2) is 4.79 Å². The number of aliphatic hydroxyl groups is 2. The Morgan fingerprint density at radius 1 is 1.19 bits per heavy atom. The van der Waals surface area contributed by atoms with E-state index in [2.05, 4.69) is 0 Å². The first kappa shape index (κ1) is 27.2. The van der Waals surface area contributed by atoms with Crippen LogP contribution in [0.2, 0.25) is 0 Å². The normalized spacial score (nSPS) is 29.1. The SMILES string of the molecule is CO[C@H](CC(C)=O)CC(=O)[C@H](C)/C=C(\C)[C@@H]1CCCC[C@@H](C)/C=C/[C@@H](O)[C@@H](O)C(=O)O1. The van der Waals surface area contributed by atoms with Gasteiger partial charge in [0.15, 0.2) is 6.10 Å². The fourth-order valence-corrected chi connectivity index (χ4v) is 3.59. The maximum Gasteiger partial charge on any atom is 0.338 e. The molecule has 0 unspecified atom stereocenters. The summed E-state index contributed by atoms with van der Waals surface area (Å²) in [5, 5.41) is 20.1. The molecule has 1 aliphatic heterocycles. The first-order valence-electron chi connectivity index (χ1n) is 11.0. The first-order valence-corrected chi connectivity index (χ1v) is 11.0. The number of allylic oxidation sites excluding steroid dienone is 2. The second-order valence-corrected chi connectivity index (χ2v) is 8.64. The molecule has 1 rings (SSSR count). The standard InChI is InChI=1S/C24H38O7/c1-15-8-6-7-9-22(31-24(29)23(28)20(26)11-10-15)17(3)12-16(2)21(27)14-19(30-5)13-18(4)25/h10-12,15-16,19-20,22-23,26,28H,6-9,13-14H2,1-5H3/b11-10+,17-12+/t15-,16-,19-,20-,22+,23-/m1/s1. The third-order valence-electron chi connectivity index (χ3n) is 5.64. The fourth-order valence-electron chi connectivity index (χ4n) is 3.59. The van der Waals surface area contributed by atoms with E-state index in [1.54, 1.807) is 26.0 Å². The number of carbonyl (C=O) groups excluding carboxylic acids is 3. The summed E-state index contributed by atoms with van der Waals surface area (Å²) in [4.78, 5) is 36.2. The van der Waals surface area contributed by atoms with Crippen molar-refractivity contribution in [1.29, 1.82) is 0 Å². The van der Waals surface area contributed by atoms with Gasteiger partial charge in [0.1, 0.15) is 23.8 Å². The second-order valence-electron chi connectivity index (χ2n) is 8.64. The summed E-state index contributed by atoms with van der Waals surface area (Å²) in [6.07, 6.45) is 4.54. The van der Waals surface area contributed by atoms with Crippen molar-refractivity contribution in [2.24, 2.45) is 11.8 Å². The minimum atomic E-state index is -1.66. The largest absolute Gasteiger partial charge is 0.456 e. The van der Waals surface area contributed by atoms with E-state index in [0.29, 0.717) is 6.42 Å². The molecular weight excluding hydrogens is 400 g/mol. The summed E-state index contributed by atoms with van der Waals surface area (Å²) in [6.45, 7) is 7.04. The van der Waals surface area contributed by atoms with Crippen molar-refractivity contribution < 1.29 is 34.1 Å². The number of ketones is 2. The van der Waals surface area contributed by atoms with Gasteiger partial charge in [0.05, 0.1) is 6.10 Å². The third-order valence-corrected chi connectivity index (χ3v) is 5.64. The number of hydrogen-bond acceptors (Lipinski definition) is 7. The second kappa shape index (κ2) is 13.6. The lowest BCUT2D eigenvalue weighted by Crippen LogP contribution is -2.37. The molecule has 7 nitrogen and oxygen atoms in total. The van der Waals surface area contributed by atoms with Crippen LogP contribution >= 0.6 is 0 Å². The topological polar surface area (TPSA) is 110 Å². The molecule has 6 atom stereocenters. The first-order chi connectivity index (χ1) is 14.5. The Bertz CT molecular complexity index is 667. The van der Waals surface area contributed by atoms with Gasteiger partial charge in [0.2, 0.25) is 0 Å². The number of aliphatic hydroxyl groups excluding tert-OH is 2. The minimum Gasteiger partial charge on any atom is -0.456 e. The van der Waals surface area contributed by atoms with E-state index in [1.165, 1.54) is 20.1 Å². The molecule has 0 spiro atoms. The highest BCUT2D eigenvalue weighted by atomic mass is 16.6. The third kappa shape index (κ3) is 9.89. The molecule has 2 N–H and O–H groups in total. The lowest BCUT2D eigenvalue weighted by atomic mass is 9.93. The number of carbonyl (C=O) groups is 3. The molecule has 0 amide bonds. The number of methoxy groups -OCH3 is 1. The van der Waals surface area contributed by atoms with E-state index < -0.39 is 36.3 Å². The molecule has 0 saturated heterocycles. The van der Waals surface area contributed by atoms with Crippen LogP contribution in [0.15, 0.2) is 23.8 Å². The average molecular weight is 439 g/mol. The van der Waals surface area contributed by atoms with Crippen molar-refractivity contribution in [3.8, 4) is 0 Å². The Kier molecular flexibility index (Phi) is 11.9. The fraction of sp³-hybridized carbons (Fsp3) is 0.708. The van der Waals surface area contributed by atoms with Crippen LogP contribution in [0.4, 0.5) is 0 Å². The maximum atomic E-state index is 12.6. The minimum absolute atomic E-state index is 0.0379. The van der Waals surface area contributed by atoms with E-state index in [-0.39, 0.29) is 30.3 Å². The summed E-state index contributed by atoms with van der Waals surface area (Å²) in [5.41, 5.74) is 0.720. The summed E-state index contributed by atoms with van der Waals surface area (Å²) in [6, 6.07) is 0. The summed E-state index contributed by atoms with van der Waals surface area (Å²) < 4.78 is 10.7. The van der Waals surface area contributed by atoms with Gasteiger partial charge < -0.3 is 19.7 Å². The van der Waals surface area contributed by atoms with E-state index in [0.717, 1.165) is 24.8 Å². The molecular formula is C24H38O7. The number of Topliss-reactive ketones (excluding diaryl/α,β-unsaturated/α-hetero) is 2. The van der Waals surface area contributed by atoms with Crippen molar-refractivity contribution in [2.75, 3.05) is 7.11 Å². The molecule has 0 aromatic heterocycles. The molecule has 31 heavy (non-hydrogen) atoms. The number of ether oxygens (including phenoxy) is 2. The summed E-state index contributed by atoms with van der Waals surface area (Å²) >= 11 is 0. The van der Waals surface area contributed by atoms with E-state index in [1.807, 2.05) is 6.92 Å². The van der Waals surface area contributed by atoms with Gasteiger partial charge in [0.25, 0.3) is 0 Å². The Morgan fingerprint density at radius 3 is 2.45 bits per heavy atom. The van der Waals surface area contributed by atoms with Crippen LogP contribution in [-0.2, 0) is 23.9 Å². The van der Waals surface area contributed by atoms with Gasteiger partial charge in [-0.05, 0) is 44.6 Å². The van der Waals surface area contributed by atoms with Gasteiger partial charge >= 0.3 is 5.97 Å².